The highest BCUT2D eigenvalue weighted by Gasteiger charge is 2.25. The molecule has 0 spiro atoms. The summed E-state index contributed by atoms with van der Waals surface area (Å²) in [5.41, 5.74) is 4.77. The standard InChI is InChI=1S/C32H28F2N6O4S/c1-38-12-14-39(15-13-38)29-9-5-8-27(30(29)36-31(41)21-6-3-2-4-7-21)32(42)37-40-28-11-10-25(16-22(28)20-35-40)45(43,44)26-18-23(33)17-24(34)19-26/h2-11,16-20H,12-15H2,1H3,(H,36,41)(H,37,42). The lowest BCUT2D eigenvalue weighted by molar-refractivity contribution is 0.101. The molecule has 0 unspecified atom stereocenters. The third-order valence-corrected chi connectivity index (χ3v) is 9.34. The van der Waals surface area contributed by atoms with E-state index in [1.165, 1.54) is 29.2 Å². The quantitative estimate of drug-likeness (QED) is 0.271. The largest absolute Gasteiger partial charge is 0.367 e. The van der Waals surface area contributed by atoms with Crippen molar-refractivity contribution >= 4 is 43.9 Å². The Hall–Kier alpha value is -5.14. The lowest BCUT2D eigenvalue weighted by atomic mass is 10.1. The van der Waals surface area contributed by atoms with Crippen LogP contribution in [-0.4, -0.2) is 68.2 Å². The fourth-order valence-corrected chi connectivity index (χ4v) is 6.53. The Morgan fingerprint density at radius 1 is 0.800 bits per heavy atom. The van der Waals surface area contributed by atoms with Gasteiger partial charge in [0.1, 0.15) is 11.6 Å². The third-order valence-electron chi connectivity index (χ3n) is 7.61. The van der Waals surface area contributed by atoms with Crippen molar-refractivity contribution in [2.24, 2.45) is 0 Å². The fraction of sp³-hybridized carbons (Fsp3) is 0.156. The van der Waals surface area contributed by atoms with Crippen molar-refractivity contribution in [1.82, 2.24) is 14.8 Å². The van der Waals surface area contributed by atoms with Crippen LogP contribution in [0.5, 0.6) is 0 Å². The zero-order chi connectivity index (χ0) is 31.7. The molecule has 13 heteroatoms. The van der Waals surface area contributed by atoms with Crippen LogP contribution in [0.2, 0.25) is 0 Å². The second-order valence-electron chi connectivity index (χ2n) is 10.6. The number of carbonyl (C=O) groups excluding carboxylic acids is 2. The van der Waals surface area contributed by atoms with Gasteiger partial charge in [-0.25, -0.2) is 22.6 Å². The number of nitrogens with one attached hydrogen (secondary N) is 2. The number of fused-ring (bicyclic) bond motifs is 1. The lowest BCUT2D eigenvalue weighted by Gasteiger charge is -2.35. The maximum atomic E-state index is 13.7. The molecule has 5 aromatic rings. The first-order chi connectivity index (χ1) is 21.6. The number of carbonyl (C=O) groups is 2. The summed E-state index contributed by atoms with van der Waals surface area (Å²) >= 11 is 0. The summed E-state index contributed by atoms with van der Waals surface area (Å²) in [5, 5.41) is 7.51. The third kappa shape index (κ3) is 6.12. The Morgan fingerprint density at radius 3 is 2.22 bits per heavy atom. The van der Waals surface area contributed by atoms with Crippen molar-refractivity contribution < 1.29 is 26.8 Å². The van der Waals surface area contributed by atoms with E-state index >= 15 is 0 Å². The maximum absolute atomic E-state index is 13.7. The summed E-state index contributed by atoms with van der Waals surface area (Å²) < 4.78 is 53.7. The van der Waals surface area contributed by atoms with E-state index in [0.717, 1.165) is 25.2 Å². The number of aromatic nitrogens is 2. The number of halogens is 2. The van der Waals surface area contributed by atoms with Gasteiger partial charge in [-0.05, 0) is 61.6 Å². The van der Waals surface area contributed by atoms with Crippen LogP contribution in [0.3, 0.4) is 0 Å². The molecule has 0 saturated carbocycles. The van der Waals surface area contributed by atoms with Crippen molar-refractivity contribution in [3.05, 3.63) is 114 Å². The van der Waals surface area contributed by atoms with Crippen molar-refractivity contribution in [1.29, 1.82) is 0 Å². The van der Waals surface area contributed by atoms with Crippen LogP contribution in [0.4, 0.5) is 20.2 Å². The predicted molar refractivity (Wildman–Crippen MR) is 166 cm³/mol. The van der Waals surface area contributed by atoms with Crippen molar-refractivity contribution in [2.75, 3.05) is 48.9 Å². The molecule has 1 fully saturated rings. The second kappa shape index (κ2) is 12.1. The summed E-state index contributed by atoms with van der Waals surface area (Å²) in [5.74, 6) is -2.96. The summed E-state index contributed by atoms with van der Waals surface area (Å²) in [6.45, 7) is 3.03. The average Bonchev–Trinajstić information content (AvgIpc) is 3.43. The minimum atomic E-state index is -4.24. The topological polar surface area (TPSA) is 117 Å². The number of para-hydroxylation sites is 1. The Labute approximate surface area is 257 Å². The summed E-state index contributed by atoms with van der Waals surface area (Å²) in [7, 11) is -2.21. The molecule has 1 aliphatic rings. The van der Waals surface area contributed by atoms with Crippen molar-refractivity contribution in [3.8, 4) is 0 Å². The molecular weight excluding hydrogens is 602 g/mol. The van der Waals surface area contributed by atoms with E-state index < -0.39 is 32.3 Å². The number of sulfone groups is 1. The van der Waals surface area contributed by atoms with Crippen LogP contribution in [0.15, 0.2) is 101 Å². The van der Waals surface area contributed by atoms with Gasteiger partial charge >= 0.3 is 0 Å². The van der Waals surface area contributed by atoms with Crippen LogP contribution in [0.1, 0.15) is 20.7 Å². The molecule has 1 aliphatic heterocycles. The summed E-state index contributed by atoms with van der Waals surface area (Å²) in [6.07, 6.45) is 1.36. The van der Waals surface area contributed by atoms with Gasteiger partial charge in [0, 0.05) is 43.2 Å². The Kier molecular flexibility index (Phi) is 8.04. The monoisotopic (exact) mass is 630 g/mol. The molecule has 2 amide bonds. The SMILES string of the molecule is CN1CCN(c2cccc(C(=O)Nn3ncc4cc(S(=O)(=O)c5cc(F)cc(F)c5)ccc43)c2NC(=O)c2ccccc2)CC1. The number of benzene rings is 4. The first kappa shape index (κ1) is 29.9. The Bertz CT molecular complexity index is 2010. The van der Waals surface area contributed by atoms with Crippen LogP contribution in [0, 0.1) is 11.6 Å². The van der Waals surface area contributed by atoms with Crippen molar-refractivity contribution in [2.45, 2.75) is 9.79 Å². The number of piperazine rings is 1. The van der Waals surface area contributed by atoms with Gasteiger partial charge in [-0.1, -0.05) is 24.3 Å². The molecule has 0 radical (unpaired) electrons. The van der Waals surface area contributed by atoms with E-state index in [1.54, 1.807) is 36.4 Å². The van der Waals surface area contributed by atoms with Gasteiger partial charge in [0.05, 0.1) is 38.4 Å². The predicted octanol–water partition coefficient (Wildman–Crippen LogP) is 4.54. The van der Waals surface area contributed by atoms with Gasteiger partial charge < -0.3 is 15.1 Å². The smallest absolute Gasteiger partial charge is 0.273 e. The number of rotatable bonds is 7. The minimum Gasteiger partial charge on any atom is -0.367 e. The number of amides is 2. The first-order valence-electron chi connectivity index (χ1n) is 14.0. The molecule has 0 aliphatic carbocycles. The van der Waals surface area contributed by atoms with Crippen LogP contribution < -0.4 is 15.6 Å². The molecular formula is C32H28F2N6O4S. The van der Waals surface area contributed by atoms with E-state index in [-0.39, 0.29) is 16.4 Å². The van der Waals surface area contributed by atoms with Gasteiger partial charge in [-0.3, -0.25) is 9.59 Å². The van der Waals surface area contributed by atoms with E-state index in [9.17, 15) is 26.8 Å². The van der Waals surface area contributed by atoms with E-state index in [0.29, 0.717) is 47.0 Å². The number of anilines is 2. The van der Waals surface area contributed by atoms with E-state index in [1.807, 2.05) is 19.2 Å². The van der Waals surface area contributed by atoms with Crippen molar-refractivity contribution in [3.63, 3.8) is 0 Å². The van der Waals surface area contributed by atoms with Crippen LogP contribution >= 0.6 is 0 Å². The molecule has 2 N–H and O–H groups in total. The molecule has 1 aromatic heterocycles. The number of hydrogen-bond acceptors (Lipinski definition) is 7. The number of likely N-dealkylation sites (N-methyl/N-ethyl adjacent to an activating group) is 1. The zero-order valence-electron chi connectivity index (χ0n) is 24.1. The highest BCUT2D eigenvalue weighted by molar-refractivity contribution is 7.91. The second-order valence-corrected chi connectivity index (χ2v) is 12.6. The molecule has 1 saturated heterocycles. The highest BCUT2D eigenvalue weighted by atomic mass is 32.2. The molecule has 230 valence electrons. The van der Waals surface area contributed by atoms with Gasteiger partial charge in [0.15, 0.2) is 0 Å². The van der Waals surface area contributed by atoms with Gasteiger partial charge in [-0.2, -0.15) is 9.89 Å². The molecule has 10 nitrogen and oxygen atoms in total. The number of hydrogen-bond donors (Lipinski definition) is 2. The van der Waals surface area contributed by atoms with E-state index in [2.05, 4.69) is 25.6 Å². The minimum absolute atomic E-state index is 0.198. The molecule has 45 heavy (non-hydrogen) atoms. The average molecular weight is 631 g/mol. The Morgan fingerprint density at radius 2 is 1.51 bits per heavy atom. The first-order valence-corrected chi connectivity index (χ1v) is 15.5. The molecule has 0 bridgehead atoms. The van der Waals surface area contributed by atoms with E-state index in [4.69, 9.17) is 0 Å². The summed E-state index contributed by atoms with van der Waals surface area (Å²) in [4.78, 5) is 31.8. The molecule has 6 rings (SSSR count). The molecule has 2 heterocycles. The molecule has 4 aromatic carbocycles. The normalized spacial score (nSPS) is 14.0. The van der Waals surface area contributed by atoms with Crippen LogP contribution in [-0.2, 0) is 9.84 Å². The number of nitrogens with zero attached hydrogens (tertiary/aromatic N) is 4. The summed E-state index contributed by atoms with van der Waals surface area (Å²) in [6, 6.07) is 20.0. The van der Waals surface area contributed by atoms with Gasteiger partial charge in [0.2, 0.25) is 9.84 Å². The fourth-order valence-electron chi connectivity index (χ4n) is 5.19. The van der Waals surface area contributed by atoms with Gasteiger partial charge in [-0.15, -0.1) is 0 Å². The zero-order valence-corrected chi connectivity index (χ0v) is 24.9. The van der Waals surface area contributed by atoms with Gasteiger partial charge in [0.25, 0.3) is 11.8 Å². The lowest BCUT2D eigenvalue weighted by Crippen LogP contribution is -2.45. The highest BCUT2D eigenvalue weighted by Crippen LogP contribution is 2.32. The molecule has 0 atom stereocenters. The maximum Gasteiger partial charge on any atom is 0.273 e. The Balaban J connectivity index is 1.32. The van der Waals surface area contributed by atoms with Crippen LogP contribution in [0.25, 0.3) is 10.9 Å².